The quantitative estimate of drug-likeness (QED) is 0.606. The van der Waals surface area contributed by atoms with Crippen molar-refractivity contribution < 1.29 is 9.47 Å². The number of nitrogens with one attached hydrogen (secondary N) is 1. The molecule has 1 fully saturated rings. The maximum absolute atomic E-state index is 7.26. The molecule has 1 heterocycles. The number of amidine groups is 1. The molecule has 1 aliphatic heterocycles. The number of nitrogens with two attached hydrogens (primary N) is 1. The first kappa shape index (κ1) is 14.8. The monoisotopic (exact) mass is 277 g/mol. The number of likely N-dealkylation sites (N-methyl/N-ethyl adjacent to an activating group) is 1. The molecule has 0 bridgehead atoms. The second kappa shape index (κ2) is 7.26. The topological polar surface area (TPSA) is 71.6 Å². The molecule has 1 atom stereocenters. The Hall–Kier alpha value is -1.59. The Morgan fingerprint density at radius 2 is 2.20 bits per heavy atom. The fraction of sp³-hybridized carbons (Fsp3) is 0.533. The molecule has 20 heavy (non-hydrogen) atoms. The van der Waals surface area contributed by atoms with Crippen LogP contribution < -0.4 is 10.5 Å². The van der Waals surface area contributed by atoms with Crippen LogP contribution >= 0.6 is 0 Å². The molecule has 5 heteroatoms. The molecule has 5 nitrogen and oxygen atoms in total. The molecule has 110 valence electrons. The van der Waals surface area contributed by atoms with Crippen LogP contribution in [0.15, 0.2) is 24.3 Å². The maximum Gasteiger partial charge on any atom is 0.119 e. The van der Waals surface area contributed by atoms with Crippen LogP contribution in [0.4, 0.5) is 0 Å². The summed E-state index contributed by atoms with van der Waals surface area (Å²) in [6.07, 6.45) is 0.623. The summed E-state index contributed by atoms with van der Waals surface area (Å²) < 4.78 is 11.5. The molecular formula is C15H23N3O2. The number of hydrogen-bond acceptors (Lipinski definition) is 4. The summed E-state index contributed by atoms with van der Waals surface area (Å²) in [4.78, 5) is 2.37. The highest BCUT2D eigenvalue weighted by molar-refractivity contribution is 5.79. The van der Waals surface area contributed by atoms with Crippen molar-refractivity contribution in [2.45, 2.75) is 19.4 Å². The first-order chi connectivity index (χ1) is 9.67. The lowest BCUT2D eigenvalue weighted by Crippen LogP contribution is -2.44. The zero-order chi connectivity index (χ0) is 14.4. The van der Waals surface area contributed by atoms with E-state index in [4.69, 9.17) is 20.6 Å². The zero-order valence-corrected chi connectivity index (χ0v) is 12.0. The number of ether oxygens (including phenoxy) is 2. The molecule has 0 amide bonds. The van der Waals surface area contributed by atoms with E-state index >= 15 is 0 Å². The Labute approximate surface area is 120 Å². The van der Waals surface area contributed by atoms with Crippen LogP contribution in [0.2, 0.25) is 0 Å². The molecule has 0 aromatic heterocycles. The van der Waals surface area contributed by atoms with Gasteiger partial charge in [-0.2, -0.15) is 0 Å². The van der Waals surface area contributed by atoms with Gasteiger partial charge in [-0.3, -0.25) is 10.3 Å². The Balaban J connectivity index is 1.80. The molecule has 1 unspecified atom stereocenters. The van der Waals surface area contributed by atoms with E-state index in [0.29, 0.717) is 13.0 Å². The summed E-state index contributed by atoms with van der Waals surface area (Å²) in [6.45, 7) is 6.50. The minimum Gasteiger partial charge on any atom is -0.491 e. The third-order valence-corrected chi connectivity index (χ3v) is 3.42. The van der Waals surface area contributed by atoms with Crippen molar-refractivity contribution in [3.05, 3.63) is 29.8 Å². The van der Waals surface area contributed by atoms with Crippen molar-refractivity contribution in [1.29, 1.82) is 5.41 Å². The van der Waals surface area contributed by atoms with E-state index in [0.717, 1.165) is 37.6 Å². The Morgan fingerprint density at radius 1 is 1.45 bits per heavy atom. The van der Waals surface area contributed by atoms with Crippen molar-refractivity contribution in [2.24, 2.45) is 5.73 Å². The van der Waals surface area contributed by atoms with Crippen LogP contribution in [0.3, 0.4) is 0 Å². The van der Waals surface area contributed by atoms with E-state index in [1.807, 2.05) is 24.3 Å². The van der Waals surface area contributed by atoms with E-state index in [2.05, 4.69) is 11.8 Å². The molecule has 1 saturated heterocycles. The highest BCUT2D eigenvalue weighted by Crippen LogP contribution is 2.14. The second-order valence-electron chi connectivity index (χ2n) is 5.04. The third-order valence-electron chi connectivity index (χ3n) is 3.42. The predicted molar refractivity (Wildman–Crippen MR) is 79.4 cm³/mol. The second-order valence-corrected chi connectivity index (χ2v) is 5.04. The SMILES string of the molecule is CCN1CCOC(COc2ccc(CC(=N)N)cc2)C1. The lowest BCUT2D eigenvalue weighted by molar-refractivity contribution is -0.0464. The Bertz CT molecular complexity index is 433. The van der Waals surface area contributed by atoms with Gasteiger partial charge in [0.05, 0.1) is 12.4 Å². The fourth-order valence-corrected chi connectivity index (χ4v) is 2.28. The lowest BCUT2D eigenvalue weighted by atomic mass is 10.1. The van der Waals surface area contributed by atoms with E-state index in [9.17, 15) is 0 Å². The zero-order valence-electron chi connectivity index (χ0n) is 12.0. The Kier molecular flexibility index (Phi) is 5.38. The predicted octanol–water partition coefficient (Wildman–Crippen LogP) is 1.26. The smallest absolute Gasteiger partial charge is 0.119 e. The maximum atomic E-state index is 7.26. The van der Waals surface area contributed by atoms with Crippen molar-refractivity contribution in [3.8, 4) is 5.75 Å². The molecule has 3 N–H and O–H groups in total. The van der Waals surface area contributed by atoms with E-state index in [-0.39, 0.29) is 11.9 Å². The van der Waals surface area contributed by atoms with Crippen molar-refractivity contribution >= 4 is 5.84 Å². The van der Waals surface area contributed by atoms with Crippen molar-refractivity contribution in [2.75, 3.05) is 32.8 Å². The van der Waals surface area contributed by atoms with Gasteiger partial charge >= 0.3 is 0 Å². The minimum absolute atomic E-state index is 0.139. The highest BCUT2D eigenvalue weighted by Gasteiger charge is 2.19. The molecule has 0 saturated carbocycles. The van der Waals surface area contributed by atoms with Gasteiger partial charge in [0.25, 0.3) is 0 Å². The standard InChI is InChI=1S/C15H23N3O2/c1-2-18-7-8-19-14(10-18)11-20-13-5-3-12(4-6-13)9-15(16)17/h3-6,14H,2,7-11H2,1H3,(H3,16,17). The van der Waals surface area contributed by atoms with Crippen LogP contribution in [0, 0.1) is 5.41 Å². The molecule has 1 aliphatic rings. The molecule has 1 aromatic carbocycles. The number of benzene rings is 1. The molecule has 0 aliphatic carbocycles. The van der Waals surface area contributed by atoms with Crippen LogP contribution in [0.25, 0.3) is 0 Å². The highest BCUT2D eigenvalue weighted by atomic mass is 16.5. The summed E-state index contributed by atoms with van der Waals surface area (Å²) in [5.74, 6) is 1.00. The summed E-state index contributed by atoms with van der Waals surface area (Å²) in [6, 6.07) is 7.71. The first-order valence-corrected chi connectivity index (χ1v) is 7.06. The normalized spacial score (nSPS) is 19.8. The molecule has 1 aromatic rings. The van der Waals surface area contributed by atoms with Crippen molar-refractivity contribution in [1.82, 2.24) is 4.90 Å². The lowest BCUT2D eigenvalue weighted by Gasteiger charge is -2.31. The van der Waals surface area contributed by atoms with Gasteiger partial charge in [-0.1, -0.05) is 19.1 Å². The molecular weight excluding hydrogens is 254 g/mol. The van der Waals surface area contributed by atoms with Crippen LogP contribution in [0.5, 0.6) is 5.75 Å². The summed E-state index contributed by atoms with van der Waals surface area (Å²) in [5.41, 5.74) is 6.40. The number of rotatable bonds is 6. The van der Waals surface area contributed by atoms with Crippen molar-refractivity contribution in [3.63, 3.8) is 0 Å². The van der Waals surface area contributed by atoms with E-state index < -0.39 is 0 Å². The first-order valence-electron chi connectivity index (χ1n) is 7.06. The summed E-state index contributed by atoms with van der Waals surface area (Å²) in [5, 5.41) is 7.26. The van der Waals surface area contributed by atoms with Gasteiger partial charge in [-0.15, -0.1) is 0 Å². The van der Waals surface area contributed by atoms with Crippen LogP contribution in [0.1, 0.15) is 12.5 Å². The molecule has 2 rings (SSSR count). The Morgan fingerprint density at radius 3 is 2.85 bits per heavy atom. The fourth-order valence-electron chi connectivity index (χ4n) is 2.28. The van der Waals surface area contributed by atoms with E-state index in [1.54, 1.807) is 0 Å². The largest absolute Gasteiger partial charge is 0.491 e. The summed E-state index contributed by atoms with van der Waals surface area (Å²) >= 11 is 0. The van der Waals surface area contributed by atoms with Gasteiger partial charge in [0, 0.05) is 19.5 Å². The number of morpholine rings is 1. The average molecular weight is 277 g/mol. The van der Waals surface area contributed by atoms with Gasteiger partial charge in [-0.05, 0) is 24.2 Å². The molecule has 0 radical (unpaired) electrons. The van der Waals surface area contributed by atoms with Gasteiger partial charge in [0.2, 0.25) is 0 Å². The van der Waals surface area contributed by atoms with Gasteiger partial charge in [0.15, 0.2) is 0 Å². The van der Waals surface area contributed by atoms with Gasteiger partial charge in [0.1, 0.15) is 18.5 Å². The van der Waals surface area contributed by atoms with Gasteiger partial charge < -0.3 is 15.2 Å². The minimum atomic E-state index is 0.139. The average Bonchev–Trinajstić information content (AvgIpc) is 2.46. The van der Waals surface area contributed by atoms with Crippen LogP contribution in [-0.2, 0) is 11.2 Å². The van der Waals surface area contributed by atoms with E-state index in [1.165, 1.54) is 0 Å². The molecule has 0 spiro atoms. The van der Waals surface area contributed by atoms with Gasteiger partial charge in [-0.25, -0.2) is 0 Å². The summed E-state index contributed by atoms with van der Waals surface area (Å²) in [7, 11) is 0. The third kappa shape index (κ3) is 4.51. The van der Waals surface area contributed by atoms with Crippen LogP contribution in [-0.4, -0.2) is 49.7 Å². The number of nitrogens with zero attached hydrogens (tertiary/aromatic N) is 1. The number of hydrogen-bond donors (Lipinski definition) is 2.